The molecule has 1 unspecified atom stereocenters. The zero-order chi connectivity index (χ0) is 12.5. The van der Waals surface area contributed by atoms with Crippen LogP contribution in [0.3, 0.4) is 0 Å². The molecule has 2 rings (SSSR count). The van der Waals surface area contributed by atoms with Gasteiger partial charge in [-0.3, -0.25) is 0 Å². The van der Waals surface area contributed by atoms with Gasteiger partial charge in [0.1, 0.15) is 15.7 Å². The van der Waals surface area contributed by atoms with E-state index in [9.17, 15) is 8.42 Å². The van der Waals surface area contributed by atoms with Crippen molar-refractivity contribution >= 4 is 21.3 Å². The van der Waals surface area contributed by atoms with Gasteiger partial charge in [0.25, 0.3) is 0 Å². The van der Waals surface area contributed by atoms with Gasteiger partial charge in [-0.1, -0.05) is 0 Å². The average Bonchev–Trinajstić information content (AvgIpc) is 2.61. The standard InChI is InChI=1S/C8H12N6O2S/c1-6(5-17(2,15)16)9-7-3-4-8-10-12-13-14(8)11-7/h3-4,6H,5H2,1-2H3,(H,9,11). The van der Waals surface area contributed by atoms with E-state index in [1.54, 1.807) is 19.1 Å². The van der Waals surface area contributed by atoms with E-state index in [0.29, 0.717) is 11.5 Å². The Bertz CT molecular complexity index is 622. The van der Waals surface area contributed by atoms with Gasteiger partial charge in [0.15, 0.2) is 5.65 Å². The molecule has 17 heavy (non-hydrogen) atoms. The number of nitrogens with zero attached hydrogens (tertiary/aromatic N) is 5. The summed E-state index contributed by atoms with van der Waals surface area (Å²) in [5, 5.41) is 17.9. The van der Waals surface area contributed by atoms with Gasteiger partial charge in [-0.25, -0.2) is 8.42 Å². The van der Waals surface area contributed by atoms with Crippen molar-refractivity contribution in [2.45, 2.75) is 13.0 Å². The topological polar surface area (TPSA) is 102 Å². The van der Waals surface area contributed by atoms with Crippen LogP contribution in [-0.4, -0.2) is 51.7 Å². The minimum absolute atomic E-state index is 0.0440. The average molecular weight is 256 g/mol. The SMILES string of the molecule is CC(CS(C)(=O)=O)Nc1ccc2nnnn2n1. The highest BCUT2D eigenvalue weighted by Gasteiger charge is 2.11. The van der Waals surface area contributed by atoms with Crippen LogP contribution >= 0.6 is 0 Å². The van der Waals surface area contributed by atoms with E-state index < -0.39 is 9.84 Å². The van der Waals surface area contributed by atoms with Gasteiger partial charge in [0, 0.05) is 12.3 Å². The van der Waals surface area contributed by atoms with Crippen LogP contribution in [0.2, 0.25) is 0 Å². The molecular formula is C8H12N6O2S. The molecule has 0 aliphatic rings. The first-order valence-electron chi connectivity index (χ1n) is 4.94. The van der Waals surface area contributed by atoms with Crippen molar-refractivity contribution in [1.29, 1.82) is 0 Å². The molecule has 2 aromatic heterocycles. The van der Waals surface area contributed by atoms with Crippen molar-refractivity contribution in [3.63, 3.8) is 0 Å². The van der Waals surface area contributed by atoms with E-state index in [0.717, 1.165) is 0 Å². The molecule has 0 aliphatic heterocycles. The molecule has 1 atom stereocenters. The second-order valence-electron chi connectivity index (χ2n) is 3.88. The molecule has 0 saturated heterocycles. The minimum Gasteiger partial charge on any atom is -0.365 e. The molecule has 0 aromatic carbocycles. The summed E-state index contributed by atoms with van der Waals surface area (Å²) < 4.78 is 23.5. The van der Waals surface area contributed by atoms with Crippen LogP contribution in [0.25, 0.3) is 5.65 Å². The predicted molar refractivity (Wildman–Crippen MR) is 61.4 cm³/mol. The summed E-state index contributed by atoms with van der Waals surface area (Å²) in [5.41, 5.74) is 0.534. The maximum Gasteiger partial charge on any atom is 0.200 e. The second-order valence-corrected chi connectivity index (χ2v) is 6.07. The fourth-order valence-corrected chi connectivity index (χ4v) is 2.47. The fraction of sp³-hybridized carbons (Fsp3) is 0.500. The third kappa shape index (κ3) is 3.09. The molecule has 2 heterocycles. The zero-order valence-electron chi connectivity index (χ0n) is 9.40. The number of hydrogen-bond acceptors (Lipinski definition) is 7. The lowest BCUT2D eigenvalue weighted by molar-refractivity contribution is 0.597. The highest BCUT2D eigenvalue weighted by molar-refractivity contribution is 7.90. The normalized spacial score (nSPS) is 13.8. The summed E-state index contributed by atoms with van der Waals surface area (Å²) in [6.07, 6.45) is 1.20. The van der Waals surface area contributed by atoms with Gasteiger partial charge in [-0.05, 0) is 29.5 Å². The number of nitrogens with one attached hydrogen (secondary N) is 1. The Hall–Kier alpha value is -1.77. The van der Waals surface area contributed by atoms with Crippen molar-refractivity contribution in [3.05, 3.63) is 12.1 Å². The lowest BCUT2D eigenvalue weighted by Crippen LogP contribution is -2.25. The van der Waals surface area contributed by atoms with Gasteiger partial charge in [0.2, 0.25) is 0 Å². The van der Waals surface area contributed by atoms with Crippen LogP contribution in [-0.2, 0) is 9.84 Å². The molecule has 0 radical (unpaired) electrons. The third-order valence-electron chi connectivity index (χ3n) is 2.02. The van der Waals surface area contributed by atoms with Gasteiger partial charge in [-0.15, -0.1) is 14.8 Å². The molecule has 0 bridgehead atoms. The second kappa shape index (κ2) is 4.24. The number of rotatable bonds is 4. The lowest BCUT2D eigenvalue weighted by Gasteiger charge is -2.12. The summed E-state index contributed by atoms with van der Waals surface area (Å²) >= 11 is 0. The highest BCUT2D eigenvalue weighted by atomic mass is 32.2. The van der Waals surface area contributed by atoms with Crippen LogP contribution in [0.15, 0.2) is 12.1 Å². The molecule has 1 N–H and O–H groups in total. The largest absolute Gasteiger partial charge is 0.365 e. The Morgan fingerprint density at radius 3 is 2.94 bits per heavy atom. The number of fused-ring (bicyclic) bond motifs is 1. The maximum atomic E-state index is 11.1. The van der Waals surface area contributed by atoms with Crippen molar-refractivity contribution < 1.29 is 8.42 Å². The molecule has 0 aliphatic carbocycles. The summed E-state index contributed by atoms with van der Waals surface area (Å²) in [6.45, 7) is 1.77. The minimum atomic E-state index is -3.01. The first-order valence-corrected chi connectivity index (χ1v) is 7.00. The van der Waals surface area contributed by atoms with Crippen LogP contribution in [0.1, 0.15) is 6.92 Å². The monoisotopic (exact) mass is 256 g/mol. The zero-order valence-corrected chi connectivity index (χ0v) is 10.2. The van der Waals surface area contributed by atoms with Crippen molar-refractivity contribution in [3.8, 4) is 0 Å². The Balaban J connectivity index is 2.12. The summed E-state index contributed by atoms with van der Waals surface area (Å²) in [6, 6.07) is 3.17. The first kappa shape index (κ1) is 11.7. The quantitative estimate of drug-likeness (QED) is 0.776. The van der Waals surface area contributed by atoms with E-state index >= 15 is 0 Å². The molecule has 92 valence electrons. The van der Waals surface area contributed by atoms with Crippen molar-refractivity contribution in [1.82, 2.24) is 25.3 Å². The van der Waals surface area contributed by atoms with Gasteiger partial charge in [-0.2, -0.15) is 0 Å². The maximum absolute atomic E-state index is 11.1. The van der Waals surface area contributed by atoms with E-state index in [4.69, 9.17) is 0 Å². The van der Waals surface area contributed by atoms with E-state index in [-0.39, 0.29) is 11.8 Å². The van der Waals surface area contributed by atoms with Gasteiger partial charge >= 0.3 is 0 Å². The Kier molecular flexibility index (Phi) is 2.92. The highest BCUT2D eigenvalue weighted by Crippen LogP contribution is 2.05. The Labute approximate surface area is 97.9 Å². The molecule has 0 fully saturated rings. The molecule has 9 heteroatoms. The smallest absolute Gasteiger partial charge is 0.200 e. The number of aromatic nitrogens is 5. The third-order valence-corrected chi connectivity index (χ3v) is 3.12. The number of sulfone groups is 1. The molecule has 0 saturated carbocycles. The number of hydrogen-bond donors (Lipinski definition) is 1. The van der Waals surface area contributed by atoms with Gasteiger partial charge < -0.3 is 5.32 Å². The van der Waals surface area contributed by atoms with Crippen molar-refractivity contribution in [2.24, 2.45) is 0 Å². The predicted octanol–water partition coefficient (Wildman–Crippen LogP) is -0.636. The molecular weight excluding hydrogens is 244 g/mol. The van der Waals surface area contributed by atoms with Gasteiger partial charge in [0.05, 0.1) is 5.75 Å². The molecule has 8 nitrogen and oxygen atoms in total. The Morgan fingerprint density at radius 1 is 1.47 bits per heavy atom. The number of anilines is 1. The lowest BCUT2D eigenvalue weighted by atomic mass is 10.4. The number of tetrazole rings is 1. The van der Waals surface area contributed by atoms with Crippen molar-refractivity contribution in [2.75, 3.05) is 17.3 Å². The van der Waals surface area contributed by atoms with Crippen LogP contribution < -0.4 is 5.32 Å². The summed E-state index contributed by atoms with van der Waals surface area (Å²) in [7, 11) is -3.01. The summed E-state index contributed by atoms with van der Waals surface area (Å²) in [4.78, 5) is 0. The van der Waals surface area contributed by atoms with Crippen LogP contribution in [0.4, 0.5) is 5.82 Å². The first-order chi connectivity index (χ1) is 7.94. The molecule has 2 aromatic rings. The van der Waals surface area contributed by atoms with Crippen LogP contribution in [0.5, 0.6) is 0 Å². The van der Waals surface area contributed by atoms with E-state index in [2.05, 4.69) is 25.9 Å². The Morgan fingerprint density at radius 2 is 2.24 bits per heavy atom. The van der Waals surface area contributed by atoms with Crippen LogP contribution in [0, 0.1) is 0 Å². The molecule has 0 spiro atoms. The molecule has 0 amide bonds. The van der Waals surface area contributed by atoms with E-state index in [1.807, 2.05) is 0 Å². The summed E-state index contributed by atoms with van der Waals surface area (Å²) in [5.74, 6) is 0.573. The van der Waals surface area contributed by atoms with E-state index in [1.165, 1.54) is 10.9 Å². The fourth-order valence-electron chi connectivity index (χ4n) is 1.47.